The van der Waals surface area contributed by atoms with E-state index in [9.17, 15) is 8.78 Å². The zero-order valence-electron chi connectivity index (χ0n) is 21.1. The molecule has 0 aromatic heterocycles. The van der Waals surface area contributed by atoms with Crippen LogP contribution in [-0.4, -0.2) is 6.43 Å². The zero-order valence-corrected chi connectivity index (χ0v) is 21.1. The molecule has 4 aliphatic rings. The molecule has 2 unspecified atom stereocenters. The molecule has 4 aliphatic carbocycles. The molecule has 0 nitrogen and oxygen atoms in total. The molecule has 0 amide bonds. The summed E-state index contributed by atoms with van der Waals surface area (Å²) in [5.41, 5.74) is 1.61. The van der Waals surface area contributed by atoms with Crippen LogP contribution in [0.2, 0.25) is 0 Å². The van der Waals surface area contributed by atoms with Crippen molar-refractivity contribution in [3.8, 4) is 0 Å². The molecule has 2 heteroatoms. The Bertz CT molecular complexity index is 572. The fourth-order valence-electron chi connectivity index (χ4n) is 8.41. The molecule has 184 valence electrons. The summed E-state index contributed by atoms with van der Waals surface area (Å²) in [5, 5.41) is 0. The Balaban J connectivity index is 1.20. The SMILES string of the molecule is CCCCC1CCC(C2CCC(C3C=C(C)C(C4CCC(C(F)F)CC4)CC3)CC2)CC1. The van der Waals surface area contributed by atoms with Crippen molar-refractivity contribution < 1.29 is 8.78 Å². The van der Waals surface area contributed by atoms with Crippen LogP contribution in [-0.2, 0) is 0 Å². The first kappa shape index (κ1) is 24.7. The third-order valence-electron chi connectivity index (χ3n) is 10.6. The van der Waals surface area contributed by atoms with E-state index in [1.807, 2.05) is 0 Å². The van der Waals surface area contributed by atoms with Gasteiger partial charge >= 0.3 is 0 Å². The van der Waals surface area contributed by atoms with Gasteiger partial charge in [-0.15, -0.1) is 0 Å². The largest absolute Gasteiger partial charge is 0.241 e. The fraction of sp³-hybridized carbons (Fsp3) is 0.933. The molecule has 0 radical (unpaired) electrons. The molecule has 0 bridgehead atoms. The van der Waals surface area contributed by atoms with Gasteiger partial charge in [-0.3, -0.25) is 0 Å². The first-order valence-electron chi connectivity index (χ1n) is 14.5. The number of rotatable bonds is 7. The van der Waals surface area contributed by atoms with Gasteiger partial charge in [0, 0.05) is 5.92 Å². The number of hydrogen-bond donors (Lipinski definition) is 0. The van der Waals surface area contributed by atoms with Gasteiger partial charge in [-0.05, 0) is 125 Å². The van der Waals surface area contributed by atoms with E-state index in [1.165, 1.54) is 83.5 Å². The van der Waals surface area contributed by atoms with Crippen molar-refractivity contribution >= 4 is 0 Å². The van der Waals surface area contributed by atoms with Crippen LogP contribution in [0.5, 0.6) is 0 Å². The van der Waals surface area contributed by atoms with Crippen LogP contribution in [0, 0.1) is 47.3 Å². The minimum absolute atomic E-state index is 0.326. The Hall–Kier alpha value is -0.400. The lowest BCUT2D eigenvalue weighted by Crippen LogP contribution is -2.31. The van der Waals surface area contributed by atoms with Crippen LogP contribution in [0.15, 0.2) is 11.6 Å². The van der Waals surface area contributed by atoms with Crippen LogP contribution >= 0.6 is 0 Å². The normalized spacial score (nSPS) is 41.5. The molecule has 0 spiro atoms. The molecule has 3 saturated carbocycles. The number of unbranched alkanes of at least 4 members (excludes halogenated alkanes) is 1. The average Bonchev–Trinajstić information content (AvgIpc) is 2.83. The fourth-order valence-corrected chi connectivity index (χ4v) is 8.41. The first-order chi connectivity index (χ1) is 15.5. The van der Waals surface area contributed by atoms with Gasteiger partial charge in [0.2, 0.25) is 6.43 Å². The third-order valence-corrected chi connectivity index (χ3v) is 10.6. The smallest absolute Gasteiger partial charge is 0.210 e. The Labute approximate surface area is 197 Å². The molecule has 4 rings (SSSR count). The molecule has 0 heterocycles. The van der Waals surface area contributed by atoms with Crippen molar-refractivity contribution in [2.45, 2.75) is 129 Å². The van der Waals surface area contributed by atoms with Crippen molar-refractivity contribution in [3.05, 3.63) is 11.6 Å². The molecular weight excluding hydrogens is 398 g/mol. The molecule has 2 atom stereocenters. The minimum Gasteiger partial charge on any atom is -0.210 e. The highest BCUT2D eigenvalue weighted by Crippen LogP contribution is 2.48. The maximum absolute atomic E-state index is 13.0. The zero-order chi connectivity index (χ0) is 22.5. The maximum atomic E-state index is 13.0. The van der Waals surface area contributed by atoms with Crippen molar-refractivity contribution in [2.75, 3.05) is 0 Å². The van der Waals surface area contributed by atoms with Crippen LogP contribution in [0.1, 0.15) is 123 Å². The number of alkyl halides is 2. The summed E-state index contributed by atoms with van der Waals surface area (Å²) >= 11 is 0. The quantitative estimate of drug-likeness (QED) is 0.340. The van der Waals surface area contributed by atoms with E-state index in [0.29, 0.717) is 11.8 Å². The Kier molecular flexibility index (Phi) is 9.14. The molecule has 32 heavy (non-hydrogen) atoms. The van der Waals surface area contributed by atoms with Gasteiger partial charge in [-0.2, -0.15) is 0 Å². The van der Waals surface area contributed by atoms with E-state index >= 15 is 0 Å². The summed E-state index contributed by atoms with van der Waals surface area (Å²) in [7, 11) is 0. The van der Waals surface area contributed by atoms with Crippen molar-refractivity contribution in [1.82, 2.24) is 0 Å². The summed E-state index contributed by atoms with van der Waals surface area (Å²) in [6, 6.07) is 0. The number of hydrogen-bond acceptors (Lipinski definition) is 0. The first-order valence-corrected chi connectivity index (χ1v) is 14.5. The monoisotopic (exact) mass is 448 g/mol. The summed E-state index contributed by atoms with van der Waals surface area (Å²) in [5.74, 6) is 5.83. The van der Waals surface area contributed by atoms with E-state index < -0.39 is 6.43 Å². The van der Waals surface area contributed by atoms with E-state index in [-0.39, 0.29) is 5.92 Å². The number of allylic oxidation sites excluding steroid dienone is 2. The molecule has 0 aromatic carbocycles. The van der Waals surface area contributed by atoms with E-state index in [4.69, 9.17) is 0 Å². The highest BCUT2D eigenvalue weighted by molar-refractivity contribution is 5.13. The second kappa shape index (κ2) is 11.8. The molecule has 0 aliphatic heterocycles. The van der Waals surface area contributed by atoms with Crippen LogP contribution in [0.4, 0.5) is 8.78 Å². The summed E-state index contributed by atoms with van der Waals surface area (Å²) in [6.45, 7) is 4.69. The minimum atomic E-state index is -2.10. The van der Waals surface area contributed by atoms with Crippen molar-refractivity contribution in [3.63, 3.8) is 0 Å². The van der Waals surface area contributed by atoms with Gasteiger partial charge in [0.05, 0.1) is 0 Å². The van der Waals surface area contributed by atoms with Crippen LogP contribution in [0.25, 0.3) is 0 Å². The van der Waals surface area contributed by atoms with E-state index in [0.717, 1.165) is 55.3 Å². The molecule has 0 aromatic rings. The lowest BCUT2D eigenvalue weighted by molar-refractivity contribution is 0.0395. The van der Waals surface area contributed by atoms with Gasteiger partial charge in [-0.1, -0.05) is 50.7 Å². The Morgan fingerprint density at radius 2 is 1.28 bits per heavy atom. The summed E-state index contributed by atoms with van der Waals surface area (Å²) in [4.78, 5) is 0. The second-order valence-electron chi connectivity index (χ2n) is 12.4. The number of halogens is 2. The predicted molar refractivity (Wildman–Crippen MR) is 132 cm³/mol. The van der Waals surface area contributed by atoms with Gasteiger partial charge < -0.3 is 0 Å². The Morgan fingerprint density at radius 3 is 1.84 bits per heavy atom. The van der Waals surface area contributed by atoms with E-state index in [1.54, 1.807) is 5.57 Å². The highest BCUT2D eigenvalue weighted by atomic mass is 19.3. The average molecular weight is 449 g/mol. The topological polar surface area (TPSA) is 0 Å². The molecular formula is C30H50F2. The standard InChI is InChI=1S/C30H50F2/c1-3-4-5-22-6-8-23(9-7-22)24-10-12-25(13-11-24)28-18-19-29(21(2)20-28)26-14-16-27(17-15-26)30(31)32/h20,22-30H,3-19H2,1-2H3. The van der Waals surface area contributed by atoms with Crippen LogP contribution < -0.4 is 0 Å². The highest BCUT2D eigenvalue weighted by Gasteiger charge is 2.37. The maximum Gasteiger partial charge on any atom is 0.241 e. The summed E-state index contributed by atoms with van der Waals surface area (Å²) in [6.07, 6.45) is 23.0. The Morgan fingerprint density at radius 1 is 0.719 bits per heavy atom. The summed E-state index contributed by atoms with van der Waals surface area (Å²) < 4.78 is 26.0. The third kappa shape index (κ3) is 6.18. The second-order valence-corrected chi connectivity index (χ2v) is 12.4. The molecule has 0 saturated heterocycles. The molecule has 3 fully saturated rings. The van der Waals surface area contributed by atoms with Crippen molar-refractivity contribution in [2.24, 2.45) is 47.3 Å². The van der Waals surface area contributed by atoms with Crippen molar-refractivity contribution in [1.29, 1.82) is 0 Å². The van der Waals surface area contributed by atoms with Crippen LogP contribution in [0.3, 0.4) is 0 Å². The van der Waals surface area contributed by atoms with E-state index in [2.05, 4.69) is 19.9 Å². The predicted octanol–water partition coefficient (Wildman–Crippen LogP) is 9.83. The van der Waals surface area contributed by atoms with Gasteiger partial charge in [0.15, 0.2) is 0 Å². The van der Waals surface area contributed by atoms with Gasteiger partial charge in [-0.25, -0.2) is 8.78 Å². The van der Waals surface area contributed by atoms with Gasteiger partial charge in [0.25, 0.3) is 0 Å². The van der Waals surface area contributed by atoms with Gasteiger partial charge in [0.1, 0.15) is 0 Å². The lowest BCUT2D eigenvalue weighted by atomic mass is 9.64. The molecule has 0 N–H and O–H groups in total. The lowest BCUT2D eigenvalue weighted by Gasteiger charge is -2.42.